The predicted molar refractivity (Wildman–Crippen MR) is 132 cm³/mol. The van der Waals surface area contributed by atoms with Crippen molar-refractivity contribution in [2.75, 3.05) is 0 Å². The predicted octanol–water partition coefficient (Wildman–Crippen LogP) is 3.03. The quantitative estimate of drug-likeness (QED) is 0.131. The van der Waals surface area contributed by atoms with Gasteiger partial charge in [-0.3, -0.25) is 19.2 Å². The molecule has 0 aromatic heterocycles. The average Bonchev–Trinajstić information content (AvgIpc) is 2.87. The molecule has 0 aliphatic rings. The SMILES string of the molecule is N=C(CCCC(=N)C(O)/C=C/c1cc(O)c(O)c(O)c1)C(=O)CCc1cc(C=O)c(C=O)c(C=O)c1. The molecule has 0 saturated heterocycles. The number of ketones is 1. The molecule has 10 heteroatoms. The van der Waals surface area contributed by atoms with Gasteiger partial charge in [-0.15, -0.1) is 0 Å². The molecule has 1 atom stereocenters. The second-order valence-electron chi connectivity index (χ2n) is 8.03. The molecule has 0 aliphatic heterocycles. The average molecular weight is 495 g/mol. The minimum atomic E-state index is -1.26. The van der Waals surface area contributed by atoms with Gasteiger partial charge in [-0.2, -0.15) is 0 Å². The van der Waals surface area contributed by atoms with Gasteiger partial charge < -0.3 is 31.2 Å². The van der Waals surface area contributed by atoms with Crippen molar-refractivity contribution in [3.8, 4) is 17.2 Å². The Kier molecular flexibility index (Phi) is 9.93. The minimum absolute atomic E-state index is 0.0124. The number of benzene rings is 2. The van der Waals surface area contributed by atoms with E-state index in [1.165, 1.54) is 36.4 Å². The van der Waals surface area contributed by atoms with Crippen LogP contribution in [0.3, 0.4) is 0 Å². The van der Waals surface area contributed by atoms with E-state index in [1.54, 1.807) is 0 Å². The van der Waals surface area contributed by atoms with Crippen molar-refractivity contribution >= 4 is 42.1 Å². The van der Waals surface area contributed by atoms with Crippen LogP contribution in [0.1, 0.15) is 67.9 Å². The largest absolute Gasteiger partial charge is 0.504 e. The molecular weight excluding hydrogens is 468 g/mol. The number of aromatic hydroxyl groups is 3. The second kappa shape index (κ2) is 12.9. The van der Waals surface area contributed by atoms with Crippen LogP contribution in [-0.4, -0.2) is 62.6 Å². The lowest BCUT2D eigenvalue weighted by molar-refractivity contribution is -0.113. The fraction of sp³-hybridized carbons (Fsp3) is 0.231. The van der Waals surface area contributed by atoms with Crippen molar-refractivity contribution in [1.29, 1.82) is 10.8 Å². The van der Waals surface area contributed by atoms with Gasteiger partial charge in [0.25, 0.3) is 0 Å². The Bertz CT molecular complexity index is 1180. The van der Waals surface area contributed by atoms with E-state index < -0.39 is 29.1 Å². The molecule has 0 aliphatic carbocycles. The number of carbonyl (C=O) groups excluding carboxylic acids is 4. The number of rotatable bonds is 14. The molecule has 0 spiro atoms. The van der Waals surface area contributed by atoms with Crippen LogP contribution >= 0.6 is 0 Å². The molecule has 0 bridgehead atoms. The van der Waals surface area contributed by atoms with Crippen molar-refractivity contribution in [1.82, 2.24) is 0 Å². The summed E-state index contributed by atoms with van der Waals surface area (Å²) in [4.78, 5) is 45.8. The molecule has 10 nitrogen and oxygen atoms in total. The Morgan fingerprint density at radius 3 is 1.97 bits per heavy atom. The molecule has 0 fully saturated rings. The number of aliphatic hydroxyl groups is 1. The van der Waals surface area contributed by atoms with E-state index in [0.717, 1.165) is 0 Å². The first-order chi connectivity index (χ1) is 17.1. The van der Waals surface area contributed by atoms with Crippen LogP contribution in [0.2, 0.25) is 0 Å². The van der Waals surface area contributed by atoms with Crippen molar-refractivity contribution in [3.05, 3.63) is 58.2 Å². The lowest BCUT2D eigenvalue weighted by Gasteiger charge is -2.09. The molecule has 36 heavy (non-hydrogen) atoms. The zero-order valence-corrected chi connectivity index (χ0v) is 19.2. The molecule has 2 aromatic carbocycles. The molecule has 6 N–H and O–H groups in total. The number of aliphatic hydroxyl groups excluding tert-OH is 1. The first-order valence-electron chi connectivity index (χ1n) is 10.9. The van der Waals surface area contributed by atoms with E-state index in [4.69, 9.17) is 10.8 Å². The number of phenolic OH excluding ortho intramolecular Hbond substituents is 3. The van der Waals surface area contributed by atoms with Crippen LogP contribution in [0, 0.1) is 10.8 Å². The van der Waals surface area contributed by atoms with Gasteiger partial charge in [0, 0.05) is 28.8 Å². The summed E-state index contributed by atoms with van der Waals surface area (Å²) in [6.45, 7) is 0. The first kappa shape index (κ1) is 27.8. The maximum atomic E-state index is 12.3. The maximum absolute atomic E-state index is 12.3. The highest BCUT2D eigenvalue weighted by molar-refractivity contribution is 6.38. The smallest absolute Gasteiger partial charge is 0.200 e. The third-order valence-corrected chi connectivity index (χ3v) is 5.45. The van der Waals surface area contributed by atoms with E-state index in [-0.39, 0.29) is 60.2 Å². The molecule has 0 saturated carbocycles. The summed E-state index contributed by atoms with van der Waals surface area (Å²) in [7, 11) is 0. The fourth-order valence-corrected chi connectivity index (χ4v) is 3.43. The number of hydrogen-bond acceptors (Lipinski definition) is 10. The second-order valence-corrected chi connectivity index (χ2v) is 8.03. The van der Waals surface area contributed by atoms with Crippen LogP contribution in [0.4, 0.5) is 0 Å². The van der Waals surface area contributed by atoms with E-state index in [2.05, 4.69) is 0 Å². The van der Waals surface area contributed by atoms with E-state index in [1.807, 2.05) is 0 Å². The molecule has 2 aromatic rings. The first-order valence-corrected chi connectivity index (χ1v) is 10.9. The molecular formula is C26H26N2O8. The van der Waals surface area contributed by atoms with Crippen LogP contribution < -0.4 is 0 Å². The lowest BCUT2D eigenvalue weighted by atomic mass is 9.95. The number of Topliss-reactive ketones (excluding diaryl/α,β-unsaturated/α-hetero) is 1. The van der Waals surface area contributed by atoms with Crippen LogP contribution in [0.5, 0.6) is 17.2 Å². The van der Waals surface area contributed by atoms with Crippen LogP contribution in [-0.2, 0) is 11.2 Å². The topological polar surface area (TPSA) is 197 Å². The van der Waals surface area contributed by atoms with E-state index >= 15 is 0 Å². The summed E-state index contributed by atoms with van der Waals surface area (Å²) < 4.78 is 0. The molecule has 2 rings (SSSR count). The fourth-order valence-electron chi connectivity index (χ4n) is 3.43. The number of aryl methyl sites for hydroxylation is 1. The summed E-state index contributed by atoms with van der Waals surface area (Å²) >= 11 is 0. The van der Waals surface area contributed by atoms with E-state index in [0.29, 0.717) is 30.0 Å². The van der Waals surface area contributed by atoms with Gasteiger partial charge in [0.05, 0.1) is 5.71 Å². The monoisotopic (exact) mass is 494 g/mol. The Hall–Kier alpha value is -4.44. The maximum Gasteiger partial charge on any atom is 0.200 e. The molecule has 0 heterocycles. The van der Waals surface area contributed by atoms with Crippen molar-refractivity contribution in [2.24, 2.45) is 0 Å². The summed E-state index contributed by atoms with van der Waals surface area (Å²) in [5.41, 5.74) is 0.688. The standard InChI is InChI=1S/C26H26N2O8/c27-20(22(32)6-4-15-8-17(12-29)19(14-31)18(9-15)13-30)2-1-3-21(28)23(33)7-5-16-10-24(34)26(36)25(35)11-16/h5,7-14,23,27-28,33-36H,1-4,6H2/b7-5+,27-20?,28-21?. The Balaban J connectivity index is 1.84. The van der Waals surface area contributed by atoms with Crippen molar-refractivity contribution in [3.63, 3.8) is 0 Å². The van der Waals surface area contributed by atoms with Gasteiger partial charge in [0.2, 0.25) is 0 Å². The van der Waals surface area contributed by atoms with Gasteiger partial charge in [0.1, 0.15) is 6.10 Å². The Morgan fingerprint density at radius 1 is 0.861 bits per heavy atom. The third kappa shape index (κ3) is 7.28. The summed E-state index contributed by atoms with van der Waals surface area (Å²) in [6, 6.07) is 5.20. The van der Waals surface area contributed by atoms with Crippen molar-refractivity contribution < 1.29 is 39.6 Å². The molecule has 0 amide bonds. The van der Waals surface area contributed by atoms with Gasteiger partial charge >= 0.3 is 0 Å². The summed E-state index contributed by atoms with van der Waals surface area (Å²) in [5.74, 6) is -2.17. The molecule has 0 radical (unpaired) electrons. The van der Waals surface area contributed by atoms with Gasteiger partial charge in [-0.1, -0.05) is 6.08 Å². The number of carbonyl (C=O) groups is 4. The minimum Gasteiger partial charge on any atom is -0.504 e. The van der Waals surface area contributed by atoms with Gasteiger partial charge in [-0.25, -0.2) is 0 Å². The molecule has 188 valence electrons. The zero-order chi connectivity index (χ0) is 26.8. The highest BCUT2D eigenvalue weighted by atomic mass is 16.3. The Labute approximate surface area is 206 Å². The number of phenols is 3. The molecule has 1 unspecified atom stereocenters. The third-order valence-electron chi connectivity index (χ3n) is 5.45. The Morgan fingerprint density at radius 2 is 1.44 bits per heavy atom. The number of nitrogens with one attached hydrogen (secondary N) is 2. The lowest BCUT2D eigenvalue weighted by Crippen LogP contribution is -2.18. The highest BCUT2D eigenvalue weighted by Crippen LogP contribution is 2.35. The number of hydrogen-bond donors (Lipinski definition) is 6. The normalized spacial score (nSPS) is 11.7. The summed E-state index contributed by atoms with van der Waals surface area (Å²) in [5, 5.41) is 54.4. The zero-order valence-electron chi connectivity index (χ0n) is 19.2. The van der Waals surface area contributed by atoms with Crippen LogP contribution in [0.15, 0.2) is 30.3 Å². The van der Waals surface area contributed by atoms with E-state index in [9.17, 15) is 39.6 Å². The van der Waals surface area contributed by atoms with Gasteiger partial charge in [-0.05, 0) is 67.2 Å². The van der Waals surface area contributed by atoms with Crippen LogP contribution in [0.25, 0.3) is 6.08 Å². The van der Waals surface area contributed by atoms with Gasteiger partial charge in [0.15, 0.2) is 41.9 Å². The number of aldehydes is 3. The van der Waals surface area contributed by atoms with Crippen molar-refractivity contribution in [2.45, 2.75) is 38.2 Å². The highest BCUT2D eigenvalue weighted by Gasteiger charge is 2.15. The summed E-state index contributed by atoms with van der Waals surface area (Å²) in [6.07, 6.45) is 3.31.